The van der Waals surface area contributed by atoms with Gasteiger partial charge in [0, 0.05) is 24.9 Å². The van der Waals surface area contributed by atoms with Crippen LogP contribution in [-0.2, 0) is 28.5 Å². The van der Waals surface area contributed by atoms with Crippen LogP contribution >= 0.6 is 0 Å². The largest absolute Gasteiger partial charge is 0.379 e. The van der Waals surface area contributed by atoms with E-state index in [-0.39, 0.29) is 58.3 Å². The van der Waals surface area contributed by atoms with Gasteiger partial charge in [-0.05, 0) is 6.92 Å². The van der Waals surface area contributed by atoms with E-state index in [2.05, 4.69) is 17.8 Å². The fourth-order valence-electron chi connectivity index (χ4n) is 2.31. The Morgan fingerprint density at radius 1 is 0.778 bits per heavy atom. The molecule has 0 aromatic heterocycles. The van der Waals surface area contributed by atoms with Crippen molar-refractivity contribution in [2.24, 2.45) is 5.41 Å². The molecule has 0 aliphatic carbocycles. The first kappa shape index (κ1) is 25.1. The maximum absolute atomic E-state index is 12.4. The minimum Gasteiger partial charge on any atom is -0.379 e. The molecule has 0 amide bonds. The minimum absolute atomic E-state index is 0.00401. The number of rotatable bonds is 18. The number of terminal acetylenes is 3. The fraction of sp³-hybridized carbons (Fsp3) is 0.667. The Bertz CT molecular complexity index is 458. The topological polar surface area (TPSA) is 63.2 Å². The Balaban J connectivity index is 4.73. The van der Waals surface area contributed by atoms with E-state index < -0.39 is 5.41 Å². The van der Waals surface area contributed by atoms with E-state index in [9.17, 15) is 4.79 Å². The third-order valence-electron chi connectivity index (χ3n) is 3.45. The normalized spacial score (nSPS) is 10.7. The Kier molecular flexibility index (Phi) is 16.4. The molecular weight excluding hydrogens is 348 g/mol. The van der Waals surface area contributed by atoms with Gasteiger partial charge in [-0.1, -0.05) is 17.8 Å². The van der Waals surface area contributed by atoms with E-state index in [1.807, 2.05) is 6.92 Å². The van der Waals surface area contributed by atoms with Crippen LogP contribution in [-0.4, -0.2) is 71.9 Å². The van der Waals surface area contributed by atoms with E-state index in [0.717, 1.165) is 0 Å². The zero-order chi connectivity index (χ0) is 20.2. The van der Waals surface area contributed by atoms with Crippen LogP contribution in [0.1, 0.15) is 19.8 Å². The molecule has 0 aliphatic rings. The Labute approximate surface area is 163 Å². The first-order chi connectivity index (χ1) is 13.1. The summed E-state index contributed by atoms with van der Waals surface area (Å²) in [6.07, 6.45) is 16.2. The lowest BCUT2D eigenvalue weighted by Gasteiger charge is -2.32. The van der Waals surface area contributed by atoms with Gasteiger partial charge in [0.05, 0.1) is 39.6 Å². The van der Waals surface area contributed by atoms with Gasteiger partial charge in [-0.3, -0.25) is 4.79 Å². The summed E-state index contributed by atoms with van der Waals surface area (Å²) in [5.74, 6) is 7.21. The molecule has 0 N–H and O–H groups in total. The summed E-state index contributed by atoms with van der Waals surface area (Å²) in [7, 11) is 0. The molecule has 0 aromatic rings. The molecule has 0 bridgehead atoms. The third kappa shape index (κ3) is 13.9. The molecule has 150 valence electrons. The van der Waals surface area contributed by atoms with E-state index in [1.54, 1.807) is 0 Å². The van der Waals surface area contributed by atoms with Crippen molar-refractivity contribution < 1.29 is 28.5 Å². The minimum atomic E-state index is -0.715. The second-order valence-corrected chi connectivity index (χ2v) is 5.87. The monoisotopic (exact) mass is 378 g/mol. The number of ketones is 1. The van der Waals surface area contributed by atoms with Crippen LogP contribution < -0.4 is 0 Å². The van der Waals surface area contributed by atoms with Crippen LogP contribution in [0.25, 0.3) is 0 Å². The highest BCUT2D eigenvalue weighted by Crippen LogP contribution is 2.25. The smallest absolute Gasteiger partial charge is 0.136 e. The second kappa shape index (κ2) is 17.6. The predicted molar refractivity (Wildman–Crippen MR) is 103 cm³/mol. The molecule has 0 aromatic carbocycles. The summed E-state index contributed by atoms with van der Waals surface area (Å²) in [6.45, 7) is 4.80. The van der Waals surface area contributed by atoms with Crippen LogP contribution in [0, 0.1) is 42.4 Å². The molecule has 0 unspecified atom stereocenters. The predicted octanol–water partition coefficient (Wildman–Crippen LogP) is 1.32. The molecule has 0 spiro atoms. The summed E-state index contributed by atoms with van der Waals surface area (Å²) < 4.78 is 27.0. The molecule has 6 heteroatoms. The molecule has 0 rings (SSSR count). The number of carbonyl (C=O) groups excluding carboxylic acids is 1. The van der Waals surface area contributed by atoms with Crippen molar-refractivity contribution in [1.82, 2.24) is 0 Å². The second-order valence-electron chi connectivity index (χ2n) is 5.87. The molecule has 0 saturated heterocycles. The lowest BCUT2D eigenvalue weighted by Crippen LogP contribution is -2.40. The molecule has 0 aliphatic heterocycles. The molecule has 0 heterocycles. The number of hydrogen-bond acceptors (Lipinski definition) is 6. The maximum Gasteiger partial charge on any atom is 0.136 e. The number of ether oxygens (including phenoxy) is 5. The third-order valence-corrected chi connectivity index (χ3v) is 3.45. The van der Waals surface area contributed by atoms with Crippen molar-refractivity contribution >= 4 is 5.78 Å². The molecule has 0 fully saturated rings. The van der Waals surface area contributed by atoms with Gasteiger partial charge in [-0.15, -0.1) is 19.3 Å². The summed E-state index contributed by atoms with van der Waals surface area (Å²) in [5, 5.41) is 0. The Morgan fingerprint density at radius 3 is 1.70 bits per heavy atom. The molecular formula is C21H30O6. The Morgan fingerprint density at radius 2 is 1.26 bits per heavy atom. The lowest BCUT2D eigenvalue weighted by molar-refractivity contribution is -0.128. The van der Waals surface area contributed by atoms with Gasteiger partial charge >= 0.3 is 0 Å². The van der Waals surface area contributed by atoms with E-state index >= 15 is 0 Å². The van der Waals surface area contributed by atoms with Gasteiger partial charge in [-0.25, -0.2) is 0 Å². The van der Waals surface area contributed by atoms with Gasteiger partial charge in [0.25, 0.3) is 0 Å². The molecule has 0 atom stereocenters. The number of carbonyl (C=O) groups is 1. The van der Waals surface area contributed by atoms with Gasteiger partial charge in [-0.2, -0.15) is 0 Å². The van der Waals surface area contributed by atoms with E-state index in [4.69, 9.17) is 43.0 Å². The van der Waals surface area contributed by atoms with E-state index in [1.165, 1.54) is 0 Å². The van der Waals surface area contributed by atoms with Crippen LogP contribution in [0.3, 0.4) is 0 Å². The van der Waals surface area contributed by atoms with Crippen molar-refractivity contribution in [3.05, 3.63) is 0 Å². The summed E-state index contributed by atoms with van der Waals surface area (Å²) in [5.41, 5.74) is -0.715. The van der Waals surface area contributed by atoms with Crippen molar-refractivity contribution in [3.63, 3.8) is 0 Å². The van der Waals surface area contributed by atoms with Crippen LogP contribution in [0.5, 0.6) is 0 Å². The standard InChI is InChI=1S/C21H30O6/c1-5-10-25-17-21(18-26-11-6-2,19-27-12-7-3)16-20(22)9-13-24-15-14-23-8-4/h1-3H,8-19H2,4H3. The fourth-order valence-corrected chi connectivity index (χ4v) is 2.31. The number of Topliss-reactive ketones (excluding diaryl/α,β-unsaturated/α-hetero) is 1. The van der Waals surface area contributed by atoms with Gasteiger partial charge in [0.1, 0.15) is 25.6 Å². The Hall–Kier alpha value is -1.85. The van der Waals surface area contributed by atoms with Gasteiger partial charge in [0.15, 0.2) is 0 Å². The summed E-state index contributed by atoms with van der Waals surface area (Å²) >= 11 is 0. The van der Waals surface area contributed by atoms with Crippen LogP contribution in [0.2, 0.25) is 0 Å². The van der Waals surface area contributed by atoms with Crippen LogP contribution in [0.4, 0.5) is 0 Å². The molecule has 0 saturated carbocycles. The highest BCUT2D eigenvalue weighted by molar-refractivity contribution is 5.79. The SMILES string of the molecule is C#CCOCC(COCC#C)(COCC#C)CC(=O)CCOCCOCC. The quantitative estimate of drug-likeness (QED) is 0.265. The average molecular weight is 378 g/mol. The molecule has 0 radical (unpaired) electrons. The number of hydrogen-bond donors (Lipinski definition) is 0. The van der Waals surface area contributed by atoms with Crippen molar-refractivity contribution in [1.29, 1.82) is 0 Å². The zero-order valence-corrected chi connectivity index (χ0v) is 16.2. The molecule has 27 heavy (non-hydrogen) atoms. The van der Waals surface area contributed by atoms with Crippen molar-refractivity contribution in [2.45, 2.75) is 19.8 Å². The lowest BCUT2D eigenvalue weighted by atomic mass is 9.84. The van der Waals surface area contributed by atoms with E-state index in [0.29, 0.717) is 26.4 Å². The van der Waals surface area contributed by atoms with Gasteiger partial charge in [0.2, 0.25) is 0 Å². The zero-order valence-electron chi connectivity index (χ0n) is 16.2. The highest BCUT2D eigenvalue weighted by atomic mass is 16.5. The summed E-state index contributed by atoms with van der Waals surface area (Å²) in [4.78, 5) is 12.4. The first-order valence-corrected chi connectivity index (χ1v) is 8.85. The van der Waals surface area contributed by atoms with Crippen LogP contribution in [0.15, 0.2) is 0 Å². The van der Waals surface area contributed by atoms with Crippen molar-refractivity contribution in [2.75, 3.05) is 66.1 Å². The maximum atomic E-state index is 12.4. The van der Waals surface area contributed by atoms with Gasteiger partial charge < -0.3 is 23.7 Å². The molecule has 6 nitrogen and oxygen atoms in total. The van der Waals surface area contributed by atoms with Crippen molar-refractivity contribution in [3.8, 4) is 37.0 Å². The first-order valence-electron chi connectivity index (χ1n) is 8.85. The highest BCUT2D eigenvalue weighted by Gasteiger charge is 2.34. The summed E-state index contributed by atoms with van der Waals surface area (Å²) in [6, 6.07) is 0. The average Bonchev–Trinajstić information content (AvgIpc) is 2.65.